The van der Waals surface area contributed by atoms with E-state index in [1.807, 2.05) is 18.5 Å². The van der Waals surface area contributed by atoms with Crippen LogP contribution in [-0.4, -0.2) is 47.2 Å². The number of benzene rings is 1. The van der Waals surface area contributed by atoms with E-state index < -0.39 is 0 Å². The van der Waals surface area contributed by atoms with Gasteiger partial charge in [-0.1, -0.05) is 19.1 Å². The zero-order chi connectivity index (χ0) is 16.1. The molecule has 1 N–H and O–H groups in total. The van der Waals surface area contributed by atoms with Crippen molar-refractivity contribution >= 4 is 0 Å². The molecule has 23 heavy (non-hydrogen) atoms. The number of rotatable bonds is 6. The Hall–Kier alpha value is -1.85. The Morgan fingerprint density at radius 2 is 2.30 bits per heavy atom. The molecule has 1 atom stereocenters. The number of nitrogens with zero attached hydrogens (tertiary/aromatic N) is 3. The average molecular weight is 314 g/mol. The first-order valence-electron chi connectivity index (χ1n) is 8.41. The second kappa shape index (κ2) is 7.62. The summed E-state index contributed by atoms with van der Waals surface area (Å²) in [5.74, 6) is 2.08. The monoisotopic (exact) mass is 314 g/mol. The summed E-state index contributed by atoms with van der Waals surface area (Å²) in [6, 6.07) is 8.69. The molecule has 1 aliphatic rings. The Bertz CT molecular complexity index is 625. The van der Waals surface area contributed by atoms with Gasteiger partial charge in [0.25, 0.3) is 0 Å². The predicted molar refractivity (Wildman–Crippen MR) is 91.7 cm³/mol. The van der Waals surface area contributed by atoms with Gasteiger partial charge in [0.15, 0.2) is 0 Å². The summed E-state index contributed by atoms with van der Waals surface area (Å²) in [5.41, 5.74) is 1.32. The molecule has 5 nitrogen and oxygen atoms in total. The number of hydrogen-bond donors (Lipinski definition) is 1. The van der Waals surface area contributed by atoms with Crippen molar-refractivity contribution in [2.45, 2.75) is 19.4 Å². The summed E-state index contributed by atoms with van der Waals surface area (Å²) in [5, 5.41) is 3.47. The van der Waals surface area contributed by atoms with Crippen LogP contribution < -0.4 is 10.1 Å². The average Bonchev–Trinajstić information content (AvgIpc) is 3.01. The quantitative estimate of drug-likeness (QED) is 0.886. The number of aryl methyl sites for hydroxylation is 2. The van der Waals surface area contributed by atoms with E-state index in [2.05, 4.69) is 51.9 Å². The molecule has 0 aliphatic carbocycles. The fourth-order valence-corrected chi connectivity index (χ4v) is 3.10. The molecule has 1 unspecified atom stereocenters. The summed E-state index contributed by atoms with van der Waals surface area (Å²) in [6.07, 6.45) is 4.92. The fourth-order valence-electron chi connectivity index (χ4n) is 3.10. The molecule has 0 bridgehead atoms. The molecule has 3 rings (SSSR count). The minimum Gasteiger partial charge on any atom is -0.492 e. The third-order valence-electron chi connectivity index (χ3n) is 4.46. The van der Waals surface area contributed by atoms with Crippen LogP contribution in [0.3, 0.4) is 0 Å². The van der Waals surface area contributed by atoms with E-state index in [-0.39, 0.29) is 0 Å². The predicted octanol–water partition coefficient (Wildman–Crippen LogP) is 2.01. The van der Waals surface area contributed by atoms with Gasteiger partial charge in [-0.2, -0.15) is 0 Å². The molecule has 0 saturated carbocycles. The first-order chi connectivity index (χ1) is 11.3. The van der Waals surface area contributed by atoms with Gasteiger partial charge in [0.2, 0.25) is 0 Å². The van der Waals surface area contributed by atoms with Crippen LogP contribution in [0.2, 0.25) is 0 Å². The minimum absolute atomic E-state index is 0.314. The van der Waals surface area contributed by atoms with Gasteiger partial charge in [0, 0.05) is 45.6 Å². The minimum atomic E-state index is 0.314. The van der Waals surface area contributed by atoms with E-state index in [0.29, 0.717) is 12.6 Å². The van der Waals surface area contributed by atoms with Crippen molar-refractivity contribution in [3.8, 4) is 5.75 Å². The van der Waals surface area contributed by atoms with Gasteiger partial charge < -0.3 is 14.6 Å². The summed E-state index contributed by atoms with van der Waals surface area (Å²) in [7, 11) is 2.06. The van der Waals surface area contributed by atoms with Gasteiger partial charge in [-0.3, -0.25) is 4.90 Å². The molecule has 124 valence electrons. The second-order valence-corrected chi connectivity index (χ2v) is 6.00. The normalized spacial score (nSPS) is 19.0. The zero-order valence-electron chi connectivity index (χ0n) is 14.0. The molecule has 0 amide bonds. The second-order valence-electron chi connectivity index (χ2n) is 6.00. The Balaban J connectivity index is 1.58. The van der Waals surface area contributed by atoms with E-state index in [4.69, 9.17) is 4.74 Å². The number of imidazole rings is 1. The van der Waals surface area contributed by atoms with Crippen LogP contribution in [0, 0.1) is 0 Å². The standard InChI is InChI=1S/C18H26N4O/c1-3-15-5-4-6-16(13-15)23-12-11-22-10-7-19-14-17(22)18-20-8-9-21(18)2/h4-6,8-9,13,17,19H,3,7,10-12,14H2,1-2H3. The third-order valence-corrected chi connectivity index (χ3v) is 4.46. The van der Waals surface area contributed by atoms with Crippen LogP contribution in [0.15, 0.2) is 36.7 Å². The highest BCUT2D eigenvalue weighted by Crippen LogP contribution is 2.20. The smallest absolute Gasteiger partial charge is 0.127 e. The van der Waals surface area contributed by atoms with Crippen LogP contribution in [0.4, 0.5) is 0 Å². The Morgan fingerprint density at radius 3 is 3.09 bits per heavy atom. The van der Waals surface area contributed by atoms with Crippen molar-refractivity contribution < 1.29 is 4.74 Å². The van der Waals surface area contributed by atoms with Crippen LogP contribution in [0.25, 0.3) is 0 Å². The number of nitrogens with one attached hydrogen (secondary N) is 1. The van der Waals surface area contributed by atoms with Crippen LogP contribution in [0.1, 0.15) is 24.4 Å². The van der Waals surface area contributed by atoms with Crippen molar-refractivity contribution in [2.24, 2.45) is 7.05 Å². The van der Waals surface area contributed by atoms with Crippen molar-refractivity contribution in [1.29, 1.82) is 0 Å². The molecule has 0 spiro atoms. The van der Waals surface area contributed by atoms with Gasteiger partial charge in [-0.15, -0.1) is 0 Å². The van der Waals surface area contributed by atoms with Gasteiger partial charge in [-0.05, 0) is 24.1 Å². The molecular weight excluding hydrogens is 288 g/mol. The lowest BCUT2D eigenvalue weighted by Crippen LogP contribution is -2.48. The maximum absolute atomic E-state index is 5.96. The van der Waals surface area contributed by atoms with Crippen LogP contribution >= 0.6 is 0 Å². The summed E-state index contributed by atoms with van der Waals surface area (Å²) in [6.45, 7) is 6.76. The third kappa shape index (κ3) is 3.92. The van der Waals surface area contributed by atoms with Crippen molar-refractivity contribution in [2.75, 3.05) is 32.8 Å². The number of piperazine rings is 1. The lowest BCUT2D eigenvalue weighted by Gasteiger charge is -2.35. The van der Waals surface area contributed by atoms with Gasteiger partial charge >= 0.3 is 0 Å². The highest BCUT2D eigenvalue weighted by Gasteiger charge is 2.26. The first-order valence-corrected chi connectivity index (χ1v) is 8.41. The Labute approximate surface area is 138 Å². The van der Waals surface area contributed by atoms with E-state index in [9.17, 15) is 0 Å². The number of hydrogen-bond acceptors (Lipinski definition) is 4. The molecule has 1 fully saturated rings. The maximum atomic E-state index is 5.96. The molecule has 2 aromatic rings. The molecule has 1 saturated heterocycles. The lowest BCUT2D eigenvalue weighted by molar-refractivity contribution is 0.127. The van der Waals surface area contributed by atoms with Crippen molar-refractivity contribution in [3.05, 3.63) is 48.0 Å². The Kier molecular flexibility index (Phi) is 5.31. The van der Waals surface area contributed by atoms with E-state index in [0.717, 1.165) is 44.2 Å². The highest BCUT2D eigenvalue weighted by molar-refractivity contribution is 5.28. The number of aromatic nitrogens is 2. The number of ether oxygens (including phenoxy) is 1. The van der Waals surface area contributed by atoms with Gasteiger partial charge in [0.1, 0.15) is 18.2 Å². The lowest BCUT2D eigenvalue weighted by atomic mass is 10.1. The topological polar surface area (TPSA) is 42.3 Å². The zero-order valence-corrected chi connectivity index (χ0v) is 14.0. The largest absolute Gasteiger partial charge is 0.492 e. The van der Waals surface area contributed by atoms with Crippen molar-refractivity contribution in [1.82, 2.24) is 19.8 Å². The van der Waals surface area contributed by atoms with Gasteiger partial charge in [0.05, 0.1) is 6.04 Å². The molecule has 5 heteroatoms. The van der Waals surface area contributed by atoms with E-state index in [1.54, 1.807) is 0 Å². The maximum Gasteiger partial charge on any atom is 0.127 e. The SMILES string of the molecule is CCc1cccc(OCCN2CCNCC2c2nccn2C)c1. The van der Waals surface area contributed by atoms with Gasteiger partial charge in [-0.25, -0.2) is 4.98 Å². The van der Waals surface area contributed by atoms with Crippen LogP contribution in [-0.2, 0) is 13.5 Å². The highest BCUT2D eigenvalue weighted by atomic mass is 16.5. The first kappa shape index (κ1) is 16.0. The van der Waals surface area contributed by atoms with Crippen LogP contribution in [0.5, 0.6) is 5.75 Å². The Morgan fingerprint density at radius 1 is 1.39 bits per heavy atom. The van der Waals surface area contributed by atoms with E-state index in [1.165, 1.54) is 5.56 Å². The molecule has 1 aromatic carbocycles. The summed E-state index contributed by atoms with van der Waals surface area (Å²) in [4.78, 5) is 6.98. The summed E-state index contributed by atoms with van der Waals surface area (Å²) >= 11 is 0. The molecule has 1 aromatic heterocycles. The van der Waals surface area contributed by atoms with E-state index >= 15 is 0 Å². The molecular formula is C18H26N4O. The summed E-state index contributed by atoms with van der Waals surface area (Å²) < 4.78 is 8.07. The molecule has 0 radical (unpaired) electrons. The molecule has 1 aliphatic heterocycles. The molecule has 2 heterocycles. The van der Waals surface area contributed by atoms with Crippen molar-refractivity contribution in [3.63, 3.8) is 0 Å². The fraction of sp³-hybridized carbons (Fsp3) is 0.500.